The number of carbonyl (C=O) groups is 1. The maximum atomic E-state index is 11.5. The van der Waals surface area contributed by atoms with E-state index in [-0.39, 0.29) is 5.91 Å². The molecule has 2 rings (SSSR count). The zero-order valence-electron chi connectivity index (χ0n) is 7.16. The molecular formula is C10H10ClNO. The zero-order valence-corrected chi connectivity index (χ0v) is 7.92. The van der Waals surface area contributed by atoms with Crippen molar-refractivity contribution < 1.29 is 4.79 Å². The molecule has 68 valence electrons. The predicted octanol–water partition coefficient (Wildman–Crippen LogP) is 1.81. The molecule has 1 heterocycles. The second-order valence-corrected chi connectivity index (χ2v) is 3.42. The fourth-order valence-corrected chi connectivity index (χ4v) is 1.82. The van der Waals surface area contributed by atoms with E-state index in [4.69, 9.17) is 11.6 Å². The van der Waals surface area contributed by atoms with Gasteiger partial charge in [0.15, 0.2) is 0 Å². The lowest BCUT2D eigenvalue weighted by Gasteiger charge is -2.15. The standard InChI is InChI=1S/C10H10ClNO/c11-5-6-12-9-4-2-1-3-8(9)7-10(12)13/h1-4H,5-7H2. The summed E-state index contributed by atoms with van der Waals surface area (Å²) in [4.78, 5) is 13.2. The largest absolute Gasteiger partial charge is 0.311 e. The minimum atomic E-state index is 0.154. The number of hydrogen-bond donors (Lipinski definition) is 0. The summed E-state index contributed by atoms with van der Waals surface area (Å²) in [6.45, 7) is 0.609. The third-order valence-corrected chi connectivity index (χ3v) is 2.40. The third-order valence-electron chi connectivity index (χ3n) is 2.23. The van der Waals surface area contributed by atoms with Gasteiger partial charge >= 0.3 is 0 Å². The lowest BCUT2D eigenvalue weighted by atomic mass is 10.2. The maximum absolute atomic E-state index is 11.5. The number of halogens is 1. The molecule has 0 spiro atoms. The fraction of sp³-hybridized carbons (Fsp3) is 0.300. The van der Waals surface area contributed by atoms with Gasteiger partial charge in [-0.05, 0) is 11.6 Å². The highest BCUT2D eigenvalue weighted by atomic mass is 35.5. The molecule has 0 fully saturated rings. The number of nitrogens with zero attached hydrogens (tertiary/aromatic N) is 1. The Morgan fingerprint density at radius 1 is 1.38 bits per heavy atom. The number of benzene rings is 1. The molecule has 0 N–H and O–H groups in total. The second kappa shape index (κ2) is 3.38. The zero-order chi connectivity index (χ0) is 9.26. The van der Waals surface area contributed by atoms with Crippen LogP contribution in [0, 0.1) is 0 Å². The van der Waals surface area contributed by atoms with Crippen LogP contribution in [0.1, 0.15) is 5.56 Å². The van der Waals surface area contributed by atoms with Crippen molar-refractivity contribution in [3.8, 4) is 0 Å². The van der Waals surface area contributed by atoms with Crippen LogP contribution < -0.4 is 4.90 Å². The van der Waals surface area contributed by atoms with Crippen LogP contribution in [-0.2, 0) is 11.2 Å². The third kappa shape index (κ3) is 1.42. The number of carbonyl (C=O) groups excluding carboxylic acids is 1. The summed E-state index contributed by atoms with van der Waals surface area (Å²) in [6.07, 6.45) is 0.521. The highest BCUT2D eigenvalue weighted by molar-refractivity contribution is 6.18. The Hall–Kier alpha value is -1.02. The van der Waals surface area contributed by atoms with Gasteiger partial charge in [0.05, 0.1) is 6.42 Å². The summed E-state index contributed by atoms with van der Waals surface area (Å²) in [7, 11) is 0. The summed E-state index contributed by atoms with van der Waals surface area (Å²) >= 11 is 5.62. The van der Waals surface area contributed by atoms with Gasteiger partial charge in [-0.25, -0.2) is 0 Å². The van der Waals surface area contributed by atoms with Gasteiger partial charge in [-0.15, -0.1) is 11.6 Å². The molecule has 3 heteroatoms. The van der Waals surface area contributed by atoms with Crippen LogP contribution in [0.15, 0.2) is 24.3 Å². The van der Waals surface area contributed by atoms with E-state index >= 15 is 0 Å². The van der Waals surface area contributed by atoms with Crippen molar-refractivity contribution in [3.05, 3.63) is 29.8 Å². The van der Waals surface area contributed by atoms with Gasteiger partial charge in [-0.1, -0.05) is 18.2 Å². The summed E-state index contributed by atoms with van der Waals surface area (Å²) in [5, 5.41) is 0. The van der Waals surface area contributed by atoms with Crippen molar-refractivity contribution in [2.24, 2.45) is 0 Å². The van der Waals surface area contributed by atoms with Crippen molar-refractivity contribution >= 4 is 23.2 Å². The first-order valence-electron chi connectivity index (χ1n) is 4.27. The Kier molecular flexibility index (Phi) is 2.23. The van der Waals surface area contributed by atoms with Crippen molar-refractivity contribution in [1.29, 1.82) is 0 Å². The van der Waals surface area contributed by atoms with E-state index in [1.807, 2.05) is 24.3 Å². The number of hydrogen-bond acceptors (Lipinski definition) is 1. The molecule has 0 bridgehead atoms. The average Bonchev–Trinajstić information content (AvgIpc) is 2.44. The smallest absolute Gasteiger partial charge is 0.231 e. The number of rotatable bonds is 2. The van der Waals surface area contributed by atoms with E-state index in [0.717, 1.165) is 11.3 Å². The summed E-state index contributed by atoms with van der Waals surface area (Å²) in [5.74, 6) is 0.641. The molecule has 1 aliphatic heterocycles. The highest BCUT2D eigenvalue weighted by Crippen LogP contribution is 2.27. The monoisotopic (exact) mass is 195 g/mol. The molecule has 1 aromatic rings. The fourth-order valence-electron chi connectivity index (χ4n) is 1.65. The summed E-state index contributed by atoms with van der Waals surface area (Å²) < 4.78 is 0. The number of anilines is 1. The lowest BCUT2D eigenvalue weighted by molar-refractivity contribution is -0.117. The first-order chi connectivity index (χ1) is 6.33. The maximum Gasteiger partial charge on any atom is 0.231 e. The molecule has 2 nitrogen and oxygen atoms in total. The van der Waals surface area contributed by atoms with Gasteiger partial charge in [-0.3, -0.25) is 4.79 Å². The van der Waals surface area contributed by atoms with E-state index in [2.05, 4.69) is 0 Å². The minimum absolute atomic E-state index is 0.154. The predicted molar refractivity (Wildman–Crippen MR) is 53.2 cm³/mol. The number of amides is 1. The van der Waals surface area contributed by atoms with Crippen LogP contribution in [0.3, 0.4) is 0 Å². The molecule has 0 atom stereocenters. The summed E-state index contributed by atoms with van der Waals surface area (Å²) in [6, 6.07) is 7.85. The van der Waals surface area contributed by atoms with Gasteiger partial charge in [-0.2, -0.15) is 0 Å². The Bertz CT molecular complexity index is 337. The Morgan fingerprint density at radius 2 is 2.15 bits per heavy atom. The van der Waals surface area contributed by atoms with Crippen LogP contribution >= 0.6 is 11.6 Å². The van der Waals surface area contributed by atoms with Gasteiger partial charge in [0, 0.05) is 18.1 Å². The van der Waals surface area contributed by atoms with Crippen LogP contribution in [-0.4, -0.2) is 18.3 Å². The number of alkyl halides is 1. The van der Waals surface area contributed by atoms with E-state index in [9.17, 15) is 4.79 Å². The topological polar surface area (TPSA) is 20.3 Å². The molecule has 0 unspecified atom stereocenters. The van der Waals surface area contributed by atoms with Crippen LogP contribution in [0.5, 0.6) is 0 Å². The highest BCUT2D eigenvalue weighted by Gasteiger charge is 2.25. The van der Waals surface area contributed by atoms with Crippen molar-refractivity contribution in [1.82, 2.24) is 0 Å². The molecule has 0 saturated heterocycles. The molecule has 0 aliphatic carbocycles. The van der Waals surface area contributed by atoms with Crippen molar-refractivity contribution in [3.63, 3.8) is 0 Å². The quantitative estimate of drug-likeness (QED) is 0.660. The van der Waals surface area contributed by atoms with Gasteiger partial charge in [0.25, 0.3) is 0 Å². The van der Waals surface area contributed by atoms with Crippen LogP contribution in [0.4, 0.5) is 5.69 Å². The first-order valence-corrected chi connectivity index (χ1v) is 4.80. The van der Waals surface area contributed by atoms with E-state index in [1.54, 1.807) is 4.90 Å². The number of fused-ring (bicyclic) bond motifs is 1. The molecule has 0 aromatic heterocycles. The van der Waals surface area contributed by atoms with Gasteiger partial charge < -0.3 is 4.90 Å². The van der Waals surface area contributed by atoms with Crippen molar-refractivity contribution in [2.45, 2.75) is 6.42 Å². The summed E-state index contributed by atoms with van der Waals surface area (Å²) in [5.41, 5.74) is 2.13. The molecule has 13 heavy (non-hydrogen) atoms. The molecule has 0 saturated carbocycles. The second-order valence-electron chi connectivity index (χ2n) is 3.04. The number of para-hydroxylation sites is 1. The normalized spacial score (nSPS) is 14.8. The van der Waals surface area contributed by atoms with E-state index in [0.29, 0.717) is 18.8 Å². The Balaban J connectivity index is 2.35. The lowest BCUT2D eigenvalue weighted by Crippen LogP contribution is -2.28. The molecule has 0 radical (unpaired) electrons. The molecule has 1 aliphatic rings. The molecule has 1 amide bonds. The first kappa shape index (κ1) is 8.57. The SMILES string of the molecule is O=C1Cc2ccccc2N1CCCl. The van der Waals surface area contributed by atoms with E-state index < -0.39 is 0 Å². The van der Waals surface area contributed by atoms with Crippen molar-refractivity contribution in [2.75, 3.05) is 17.3 Å². The Morgan fingerprint density at radius 3 is 2.92 bits per heavy atom. The Labute approximate surface area is 82.1 Å². The van der Waals surface area contributed by atoms with Gasteiger partial charge in [0.2, 0.25) is 5.91 Å². The molecule has 1 aromatic carbocycles. The van der Waals surface area contributed by atoms with Crippen LogP contribution in [0.2, 0.25) is 0 Å². The van der Waals surface area contributed by atoms with Crippen LogP contribution in [0.25, 0.3) is 0 Å². The van der Waals surface area contributed by atoms with Gasteiger partial charge in [0.1, 0.15) is 0 Å². The average molecular weight is 196 g/mol. The minimum Gasteiger partial charge on any atom is -0.311 e. The molecular weight excluding hydrogens is 186 g/mol. The van der Waals surface area contributed by atoms with E-state index in [1.165, 1.54) is 0 Å².